The van der Waals surface area contributed by atoms with Gasteiger partial charge in [0.15, 0.2) is 0 Å². The van der Waals surface area contributed by atoms with Gasteiger partial charge in [0.2, 0.25) is 0 Å². The van der Waals surface area contributed by atoms with Crippen LogP contribution in [-0.2, 0) is 9.53 Å². The van der Waals surface area contributed by atoms with E-state index in [0.29, 0.717) is 0 Å². The molecule has 19 heavy (non-hydrogen) atoms. The number of halogens is 1. The smallest absolute Gasteiger partial charge is 0.327 e. The summed E-state index contributed by atoms with van der Waals surface area (Å²) in [7, 11) is 1.20. The Hall–Kier alpha value is -2.31. The molecule has 0 spiro atoms. The summed E-state index contributed by atoms with van der Waals surface area (Å²) in [6.07, 6.45) is 0. The quantitative estimate of drug-likeness (QED) is 0.269. The molecule has 1 unspecified atom stereocenters. The number of ether oxygens (including phenoxy) is 1. The first kappa shape index (κ1) is 14.7. The van der Waals surface area contributed by atoms with Crippen LogP contribution in [0.5, 0.6) is 5.75 Å². The lowest BCUT2D eigenvalue weighted by Gasteiger charge is -2.16. The van der Waals surface area contributed by atoms with Gasteiger partial charge in [0.05, 0.1) is 7.11 Å². The second kappa shape index (κ2) is 7.20. The van der Waals surface area contributed by atoms with Crippen molar-refractivity contribution in [3.8, 4) is 5.75 Å². The summed E-state index contributed by atoms with van der Waals surface area (Å²) in [5.74, 6) is -1.59. The predicted octanol–water partition coefficient (Wildman–Crippen LogP) is 1.65. The molecule has 0 aliphatic heterocycles. The minimum Gasteiger partial charge on any atom is -0.508 e. The summed E-state index contributed by atoms with van der Waals surface area (Å²) < 4.78 is 17.8. The van der Waals surface area contributed by atoms with Crippen LogP contribution in [0.2, 0.25) is 0 Å². The van der Waals surface area contributed by atoms with Crippen molar-refractivity contribution in [2.24, 2.45) is 5.11 Å². The van der Waals surface area contributed by atoms with Crippen LogP contribution in [0, 0.1) is 5.82 Å². The van der Waals surface area contributed by atoms with Crippen molar-refractivity contribution in [3.05, 3.63) is 40.0 Å². The van der Waals surface area contributed by atoms with Gasteiger partial charge in [-0.1, -0.05) is 5.11 Å². The monoisotopic (exact) mass is 268 g/mol. The standard InChI is InChI=1S/C11H13FN4O3/c1-19-11(18)10(14-2-3-15-16-13)7-4-8(12)6-9(17)5-7/h4-6,10,14,17H,2-3H2,1H3. The molecule has 0 saturated heterocycles. The van der Waals surface area contributed by atoms with E-state index in [4.69, 9.17) is 5.53 Å². The maximum atomic E-state index is 13.2. The normalized spacial score (nSPS) is 11.5. The molecule has 0 heterocycles. The van der Waals surface area contributed by atoms with Crippen LogP contribution in [-0.4, -0.2) is 31.3 Å². The predicted molar refractivity (Wildman–Crippen MR) is 64.8 cm³/mol. The van der Waals surface area contributed by atoms with Gasteiger partial charge in [-0.05, 0) is 23.2 Å². The van der Waals surface area contributed by atoms with Crippen molar-refractivity contribution in [1.82, 2.24) is 5.32 Å². The highest BCUT2D eigenvalue weighted by Crippen LogP contribution is 2.21. The van der Waals surface area contributed by atoms with Crippen molar-refractivity contribution < 1.29 is 19.0 Å². The van der Waals surface area contributed by atoms with Crippen LogP contribution < -0.4 is 5.32 Å². The Bertz CT molecular complexity index is 482. The topological polar surface area (TPSA) is 107 Å². The van der Waals surface area contributed by atoms with E-state index in [9.17, 15) is 14.3 Å². The summed E-state index contributed by atoms with van der Waals surface area (Å²) in [5.41, 5.74) is 8.36. The van der Waals surface area contributed by atoms with E-state index in [1.807, 2.05) is 0 Å². The van der Waals surface area contributed by atoms with E-state index in [0.717, 1.165) is 12.1 Å². The molecule has 0 aromatic heterocycles. The highest BCUT2D eigenvalue weighted by molar-refractivity contribution is 5.77. The third-order valence-corrected chi connectivity index (χ3v) is 2.30. The van der Waals surface area contributed by atoms with Gasteiger partial charge in [-0.25, -0.2) is 9.18 Å². The van der Waals surface area contributed by atoms with Crippen molar-refractivity contribution >= 4 is 5.97 Å². The fourth-order valence-electron chi connectivity index (χ4n) is 1.52. The van der Waals surface area contributed by atoms with Crippen LogP contribution in [0.4, 0.5) is 4.39 Å². The number of carbonyl (C=O) groups excluding carboxylic acids is 1. The average Bonchev–Trinajstić information content (AvgIpc) is 2.37. The maximum absolute atomic E-state index is 13.2. The maximum Gasteiger partial charge on any atom is 0.327 e. The van der Waals surface area contributed by atoms with Crippen molar-refractivity contribution in [2.45, 2.75) is 6.04 Å². The molecule has 102 valence electrons. The summed E-state index contributed by atoms with van der Waals surface area (Å²) in [5, 5.41) is 15.4. The first-order valence-corrected chi connectivity index (χ1v) is 5.40. The fourth-order valence-corrected chi connectivity index (χ4v) is 1.52. The van der Waals surface area contributed by atoms with Crippen LogP contribution in [0.25, 0.3) is 10.4 Å². The van der Waals surface area contributed by atoms with Crippen molar-refractivity contribution in [3.63, 3.8) is 0 Å². The molecule has 1 atom stereocenters. The van der Waals surface area contributed by atoms with Crippen LogP contribution in [0.15, 0.2) is 23.3 Å². The number of phenolic OH excluding ortho intramolecular Hbond substituents is 1. The lowest BCUT2D eigenvalue weighted by atomic mass is 10.1. The molecule has 0 bridgehead atoms. The molecule has 8 heteroatoms. The molecule has 0 aliphatic rings. The molecule has 1 rings (SSSR count). The third kappa shape index (κ3) is 4.46. The molecule has 0 saturated carbocycles. The van der Waals surface area contributed by atoms with Crippen molar-refractivity contribution in [2.75, 3.05) is 20.2 Å². The van der Waals surface area contributed by atoms with E-state index in [-0.39, 0.29) is 24.4 Å². The zero-order chi connectivity index (χ0) is 14.3. The molecule has 2 N–H and O–H groups in total. The molecule has 0 radical (unpaired) electrons. The van der Waals surface area contributed by atoms with E-state index < -0.39 is 17.8 Å². The van der Waals surface area contributed by atoms with Crippen LogP contribution in [0.1, 0.15) is 11.6 Å². The van der Waals surface area contributed by atoms with E-state index in [1.54, 1.807) is 0 Å². The number of hydrogen-bond acceptors (Lipinski definition) is 5. The number of benzene rings is 1. The first-order valence-electron chi connectivity index (χ1n) is 5.40. The zero-order valence-electron chi connectivity index (χ0n) is 10.2. The van der Waals surface area contributed by atoms with Gasteiger partial charge < -0.3 is 15.2 Å². The summed E-state index contributed by atoms with van der Waals surface area (Å²) in [6.45, 7) is 0.340. The Morgan fingerprint density at radius 1 is 1.63 bits per heavy atom. The number of aromatic hydroxyl groups is 1. The number of carbonyl (C=O) groups is 1. The Labute approximate surface area is 108 Å². The number of methoxy groups -OCH3 is 1. The number of nitrogens with one attached hydrogen (secondary N) is 1. The second-order valence-corrected chi connectivity index (χ2v) is 3.61. The van der Waals surface area contributed by atoms with E-state index in [1.165, 1.54) is 13.2 Å². The molecule has 0 aliphatic carbocycles. The molecular formula is C11H13FN4O3. The minimum atomic E-state index is -0.944. The lowest BCUT2D eigenvalue weighted by Crippen LogP contribution is -2.31. The lowest BCUT2D eigenvalue weighted by molar-refractivity contribution is -0.143. The highest BCUT2D eigenvalue weighted by Gasteiger charge is 2.21. The molecule has 0 fully saturated rings. The van der Waals surface area contributed by atoms with Gasteiger partial charge in [-0.15, -0.1) is 0 Å². The molecule has 1 aromatic carbocycles. The number of hydrogen-bond donors (Lipinski definition) is 2. The largest absolute Gasteiger partial charge is 0.508 e. The van der Waals surface area contributed by atoms with Crippen molar-refractivity contribution in [1.29, 1.82) is 0 Å². The van der Waals surface area contributed by atoms with Gasteiger partial charge >= 0.3 is 5.97 Å². The number of azide groups is 1. The SMILES string of the molecule is COC(=O)C(NCCN=[N+]=[N-])c1cc(O)cc(F)c1. The van der Waals surface area contributed by atoms with Gasteiger partial charge in [-0.3, -0.25) is 0 Å². The zero-order valence-corrected chi connectivity index (χ0v) is 10.2. The third-order valence-electron chi connectivity index (χ3n) is 2.30. The molecule has 1 aromatic rings. The first-order chi connectivity index (χ1) is 9.08. The van der Waals surface area contributed by atoms with Crippen LogP contribution in [0.3, 0.4) is 0 Å². The molecular weight excluding hydrogens is 255 g/mol. The fraction of sp³-hybridized carbons (Fsp3) is 0.364. The minimum absolute atomic E-state index is 0.130. The van der Waals surface area contributed by atoms with E-state index >= 15 is 0 Å². The number of esters is 1. The summed E-state index contributed by atoms with van der Waals surface area (Å²) >= 11 is 0. The van der Waals surface area contributed by atoms with Gasteiger partial charge in [-0.2, -0.15) is 0 Å². The Kier molecular flexibility index (Phi) is 5.59. The van der Waals surface area contributed by atoms with Gasteiger partial charge in [0.1, 0.15) is 17.6 Å². The Balaban J connectivity index is 2.89. The van der Waals surface area contributed by atoms with Gasteiger partial charge in [0.25, 0.3) is 0 Å². The summed E-state index contributed by atoms with van der Waals surface area (Å²) in [6, 6.07) is 2.35. The Morgan fingerprint density at radius 3 is 2.95 bits per heavy atom. The van der Waals surface area contributed by atoms with Crippen LogP contribution >= 0.6 is 0 Å². The summed E-state index contributed by atoms with van der Waals surface area (Å²) in [4.78, 5) is 14.2. The number of nitrogens with zero attached hydrogens (tertiary/aromatic N) is 3. The number of rotatable bonds is 6. The average molecular weight is 268 g/mol. The molecule has 7 nitrogen and oxygen atoms in total. The Morgan fingerprint density at radius 2 is 2.37 bits per heavy atom. The van der Waals surface area contributed by atoms with E-state index in [2.05, 4.69) is 20.1 Å². The highest BCUT2D eigenvalue weighted by atomic mass is 19.1. The molecule has 0 amide bonds. The number of phenols is 1. The second-order valence-electron chi connectivity index (χ2n) is 3.61. The van der Waals surface area contributed by atoms with Gasteiger partial charge in [0, 0.05) is 24.1 Å².